The molecule has 0 fully saturated rings. The third-order valence-corrected chi connectivity index (χ3v) is 5.58. The first-order valence-electron chi connectivity index (χ1n) is 8.05. The van der Waals surface area contributed by atoms with Crippen molar-refractivity contribution in [2.24, 2.45) is 11.0 Å². The standard InChI is InChI=1S/C19H22N2OS/c1-12-4-6-15(14(3)8-12)11-20-21-19(22)18-10-16-9-13(2)5-7-17(16)23-18/h4,6,8,10-11,13H,5,7,9H2,1-3H3,(H,21,22). The lowest BCUT2D eigenvalue weighted by Crippen LogP contribution is -2.16. The van der Waals surface area contributed by atoms with Gasteiger partial charge in [-0.25, -0.2) is 5.43 Å². The van der Waals surface area contributed by atoms with Crippen molar-refractivity contribution in [3.8, 4) is 0 Å². The van der Waals surface area contributed by atoms with Crippen LogP contribution in [0.25, 0.3) is 0 Å². The van der Waals surface area contributed by atoms with Crippen LogP contribution in [0, 0.1) is 19.8 Å². The van der Waals surface area contributed by atoms with Gasteiger partial charge in [-0.3, -0.25) is 4.79 Å². The predicted molar refractivity (Wildman–Crippen MR) is 96.5 cm³/mol. The number of nitrogens with one attached hydrogen (secondary N) is 1. The van der Waals surface area contributed by atoms with Crippen molar-refractivity contribution in [2.75, 3.05) is 0 Å². The Bertz CT molecular complexity index is 761. The van der Waals surface area contributed by atoms with Crippen LogP contribution >= 0.6 is 11.3 Å². The maximum Gasteiger partial charge on any atom is 0.281 e. The monoisotopic (exact) mass is 326 g/mol. The van der Waals surface area contributed by atoms with Gasteiger partial charge in [0.15, 0.2) is 0 Å². The van der Waals surface area contributed by atoms with Gasteiger partial charge in [0.25, 0.3) is 5.91 Å². The SMILES string of the molecule is Cc1ccc(C=NNC(=O)c2cc3c(s2)CCC(C)C3)c(C)c1. The minimum absolute atomic E-state index is 0.113. The second kappa shape index (κ2) is 6.67. The highest BCUT2D eigenvalue weighted by Gasteiger charge is 2.20. The smallest absolute Gasteiger partial charge is 0.266 e. The molecule has 1 heterocycles. The summed E-state index contributed by atoms with van der Waals surface area (Å²) in [7, 11) is 0. The molecule has 3 nitrogen and oxygen atoms in total. The lowest BCUT2D eigenvalue weighted by Gasteiger charge is -2.16. The van der Waals surface area contributed by atoms with E-state index in [-0.39, 0.29) is 5.91 Å². The van der Waals surface area contributed by atoms with Crippen LogP contribution in [0.5, 0.6) is 0 Å². The fraction of sp³-hybridized carbons (Fsp3) is 0.368. The van der Waals surface area contributed by atoms with Crippen molar-refractivity contribution in [3.63, 3.8) is 0 Å². The van der Waals surface area contributed by atoms with E-state index in [1.165, 1.54) is 22.4 Å². The second-order valence-electron chi connectivity index (χ2n) is 6.47. The molecule has 1 aliphatic carbocycles. The summed E-state index contributed by atoms with van der Waals surface area (Å²) < 4.78 is 0. The first-order valence-corrected chi connectivity index (χ1v) is 8.87. The van der Waals surface area contributed by atoms with E-state index in [9.17, 15) is 4.79 Å². The van der Waals surface area contributed by atoms with Gasteiger partial charge in [-0.15, -0.1) is 11.3 Å². The van der Waals surface area contributed by atoms with Crippen LogP contribution in [0.4, 0.5) is 0 Å². The van der Waals surface area contributed by atoms with Gasteiger partial charge in [-0.1, -0.05) is 30.7 Å². The summed E-state index contributed by atoms with van der Waals surface area (Å²) >= 11 is 1.61. The average Bonchev–Trinajstić information content (AvgIpc) is 2.92. The van der Waals surface area contributed by atoms with E-state index in [4.69, 9.17) is 0 Å². The van der Waals surface area contributed by atoms with E-state index in [1.807, 2.05) is 25.1 Å². The molecule has 1 N–H and O–H groups in total. The largest absolute Gasteiger partial charge is 0.281 e. The first kappa shape index (κ1) is 15.9. The molecule has 1 aromatic heterocycles. The molecule has 1 amide bonds. The van der Waals surface area contributed by atoms with Gasteiger partial charge in [0.05, 0.1) is 11.1 Å². The highest BCUT2D eigenvalue weighted by atomic mass is 32.1. The molecule has 120 valence electrons. The summed E-state index contributed by atoms with van der Waals surface area (Å²) in [6, 6.07) is 8.21. The van der Waals surface area contributed by atoms with Gasteiger partial charge < -0.3 is 0 Å². The number of amides is 1. The maximum atomic E-state index is 12.3. The topological polar surface area (TPSA) is 41.5 Å². The fourth-order valence-corrected chi connectivity index (χ4v) is 4.10. The van der Waals surface area contributed by atoms with Crippen molar-refractivity contribution in [2.45, 2.75) is 40.0 Å². The van der Waals surface area contributed by atoms with Crippen molar-refractivity contribution in [1.82, 2.24) is 5.43 Å². The van der Waals surface area contributed by atoms with Crippen LogP contribution in [0.2, 0.25) is 0 Å². The van der Waals surface area contributed by atoms with Crippen molar-refractivity contribution in [3.05, 3.63) is 56.3 Å². The number of hydrogen-bond acceptors (Lipinski definition) is 3. The zero-order chi connectivity index (χ0) is 16.4. The zero-order valence-electron chi connectivity index (χ0n) is 13.8. The zero-order valence-corrected chi connectivity index (χ0v) is 14.7. The van der Waals surface area contributed by atoms with E-state index >= 15 is 0 Å². The average molecular weight is 326 g/mol. The van der Waals surface area contributed by atoms with Crippen molar-refractivity contribution in [1.29, 1.82) is 0 Å². The number of nitrogens with zero attached hydrogens (tertiary/aromatic N) is 1. The molecule has 1 aromatic carbocycles. The molecule has 1 aliphatic rings. The molecular formula is C19H22N2OS. The molecular weight excluding hydrogens is 304 g/mol. The van der Waals surface area contributed by atoms with E-state index in [0.29, 0.717) is 0 Å². The highest BCUT2D eigenvalue weighted by molar-refractivity contribution is 7.14. The Morgan fingerprint density at radius 3 is 2.96 bits per heavy atom. The van der Waals surface area contributed by atoms with Gasteiger partial charge in [0, 0.05) is 4.88 Å². The molecule has 1 unspecified atom stereocenters. The fourth-order valence-electron chi connectivity index (χ4n) is 3.00. The van der Waals surface area contributed by atoms with Crippen molar-refractivity contribution >= 4 is 23.5 Å². The number of thiophene rings is 1. The lowest BCUT2D eigenvalue weighted by molar-refractivity contribution is 0.0959. The Kier molecular flexibility index (Phi) is 4.62. The number of benzene rings is 1. The number of fused-ring (bicyclic) bond motifs is 1. The van der Waals surface area contributed by atoms with E-state index < -0.39 is 0 Å². The third kappa shape index (κ3) is 3.70. The Hall–Kier alpha value is -1.94. The lowest BCUT2D eigenvalue weighted by atomic mass is 9.90. The summed E-state index contributed by atoms with van der Waals surface area (Å²) in [5, 5.41) is 4.11. The molecule has 0 spiro atoms. The summed E-state index contributed by atoms with van der Waals surface area (Å²) in [5.41, 5.74) is 7.40. The van der Waals surface area contributed by atoms with Crippen molar-refractivity contribution < 1.29 is 4.79 Å². The molecule has 4 heteroatoms. The number of rotatable bonds is 3. The Balaban J connectivity index is 1.66. The molecule has 1 atom stereocenters. The highest BCUT2D eigenvalue weighted by Crippen LogP contribution is 2.32. The molecule has 0 bridgehead atoms. The molecule has 0 aliphatic heterocycles. The third-order valence-electron chi connectivity index (χ3n) is 4.35. The molecule has 3 rings (SSSR count). The van der Waals surface area contributed by atoms with Crippen LogP contribution < -0.4 is 5.43 Å². The van der Waals surface area contributed by atoms with Crippen LogP contribution in [-0.4, -0.2) is 12.1 Å². The van der Waals surface area contributed by atoms with Crippen LogP contribution in [0.15, 0.2) is 29.4 Å². The number of hydrazone groups is 1. The summed E-state index contributed by atoms with van der Waals surface area (Å²) in [5.74, 6) is 0.605. The minimum Gasteiger partial charge on any atom is -0.266 e. The maximum absolute atomic E-state index is 12.3. The molecule has 0 saturated carbocycles. The van der Waals surface area contributed by atoms with Crippen LogP contribution in [0.1, 0.15) is 50.1 Å². The normalized spacial score (nSPS) is 17.3. The second-order valence-corrected chi connectivity index (χ2v) is 7.60. The quantitative estimate of drug-likeness (QED) is 0.665. The van der Waals surface area contributed by atoms with Gasteiger partial charge in [0.1, 0.15) is 0 Å². The first-order chi connectivity index (χ1) is 11.0. The summed E-state index contributed by atoms with van der Waals surface area (Å²) in [6.07, 6.45) is 5.12. The van der Waals surface area contributed by atoms with Gasteiger partial charge >= 0.3 is 0 Å². The molecule has 2 aromatic rings. The molecule has 23 heavy (non-hydrogen) atoms. The Morgan fingerprint density at radius 2 is 2.17 bits per heavy atom. The number of carbonyl (C=O) groups is 1. The summed E-state index contributed by atoms with van der Waals surface area (Å²) in [6.45, 7) is 6.38. The Morgan fingerprint density at radius 1 is 1.35 bits per heavy atom. The molecule has 0 saturated heterocycles. The summed E-state index contributed by atoms with van der Waals surface area (Å²) in [4.78, 5) is 14.4. The Labute approximate surface area is 141 Å². The number of carbonyl (C=O) groups excluding carboxylic acids is 1. The minimum atomic E-state index is -0.113. The number of hydrogen-bond donors (Lipinski definition) is 1. The van der Waals surface area contributed by atoms with Gasteiger partial charge in [0.2, 0.25) is 0 Å². The van der Waals surface area contributed by atoms with Crippen LogP contribution in [-0.2, 0) is 12.8 Å². The van der Waals surface area contributed by atoms with E-state index in [0.717, 1.165) is 34.8 Å². The van der Waals surface area contributed by atoms with Crippen LogP contribution in [0.3, 0.4) is 0 Å². The van der Waals surface area contributed by atoms with E-state index in [2.05, 4.69) is 30.4 Å². The van der Waals surface area contributed by atoms with Gasteiger partial charge in [-0.2, -0.15) is 5.10 Å². The number of aryl methyl sites for hydroxylation is 3. The molecule has 0 radical (unpaired) electrons. The van der Waals surface area contributed by atoms with Gasteiger partial charge in [-0.05, 0) is 61.8 Å². The predicted octanol–water partition coefficient (Wildman–Crippen LogP) is 4.25. The van der Waals surface area contributed by atoms with E-state index in [1.54, 1.807) is 17.6 Å².